The molecule has 1 fully saturated rings. The summed E-state index contributed by atoms with van der Waals surface area (Å²) in [5.41, 5.74) is 1.07. The van der Waals surface area contributed by atoms with Gasteiger partial charge in [0, 0.05) is 9.52 Å². The van der Waals surface area contributed by atoms with Gasteiger partial charge in [0.1, 0.15) is 0 Å². The summed E-state index contributed by atoms with van der Waals surface area (Å²) in [6.07, 6.45) is 4.55. The molecule has 0 N–H and O–H groups in total. The van der Waals surface area contributed by atoms with Crippen LogP contribution in [0.15, 0.2) is 0 Å². The minimum absolute atomic E-state index is 0.191. The van der Waals surface area contributed by atoms with Gasteiger partial charge in [-0.25, -0.2) is 0 Å². The van der Waals surface area contributed by atoms with Crippen molar-refractivity contribution in [3.63, 3.8) is 0 Å². The van der Waals surface area contributed by atoms with Gasteiger partial charge in [-0.05, 0) is 18.9 Å². The fraction of sp³-hybridized carbons (Fsp3) is 1.00. The molecule has 3 nitrogen and oxygen atoms in total. The first-order chi connectivity index (χ1) is 6.80. The first kappa shape index (κ1) is 13.2. The smallest absolute Gasteiger partial charge is 0.264 e. The van der Waals surface area contributed by atoms with Crippen molar-refractivity contribution in [2.45, 2.75) is 56.7 Å². The average Bonchev–Trinajstić information content (AvgIpc) is 2.68. The van der Waals surface area contributed by atoms with Crippen molar-refractivity contribution >= 4 is 19.6 Å². The highest BCUT2D eigenvalue weighted by atomic mass is 32.2. The summed E-state index contributed by atoms with van der Waals surface area (Å²) in [4.78, 5) is 0. The van der Waals surface area contributed by atoms with Crippen molar-refractivity contribution in [2.75, 3.05) is 6.26 Å². The summed E-state index contributed by atoms with van der Waals surface area (Å²) in [6, 6.07) is 0. The van der Waals surface area contributed by atoms with Gasteiger partial charge in [0.2, 0.25) is 0 Å². The van der Waals surface area contributed by atoms with Crippen LogP contribution in [0.25, 0.3) is 0 Å². The molecule has 0 amide bonds. The van der Waals surface area contributed by atoms with E-state index in [1.165, 1.54) is 12.8 Å². The number of hydrogen-bond donors (Lipinski definition) is 0. The third-order valence-corrected chi connectivity index (χ3v) is 7.70. The summed E-state index contributed by atoms with van der Waals surface area (Å²) in [7, 11) is -3.47. The number of hydrogen-bond acceptors (Lipinski definition) is 3. The van der Waals surface area contributed by atoms with Crippen LogP contribution in [0.2, 0.25) is 11.1 Å². The molecule has 5 heteroatoms. The molecule has 0 radical (unpaired) electrons. The van der Waals surface area contributed by atoms with E-state index in [2.05, 4.69) is 13.8 Å². The molecule has 2 unspecified atom stereocenters. The second kappa shape index (κ2) is 4.55. The van der Waals surface area contributed by atoms with Gasteiger partial charge in [-0.1, -0.05) is 32.2 Å². The predicted octanol–water partition coefficient (Wildman–Crippen LogP) is 1.69. The monoisotopic (exact) mass is 250 g/mol. The molecule has 1 aliphatic carbocycles. The van der Waals surface area contributed by atoms with Gasteiger partial charge in [-0.2, -0.15) is 8.42 Å². The van der Waals surface area contributed by atoms with Gasteiger partial charge < -0.3 is 0 Å². The van der Waals surface area contributed by atoms with Gasteiger partial charge in [0.15, 0.2) is 0 Å². The Morgan fingerprint density at radius 1 is 1.47 bits per heavy atom. The molecule has 15 heavy (non-hydrogen) atoms. The number of rotatable bonds is 6. The maximum atomic E-state index is 11.1. The predicted molar refractivity (Wildman–Crippen MR) is 65.6 cm³/mol. The third-order valence-electron chi connectivity index (χ3n) is 3.47. The molecule has 0 aromatic rings. The standard InChI is InChI=1S/C10H22O3SSi/c1-5-8(6-2)15-9-7-10(9,3)13-14(4,11)12/h8-9H,5-7,15H2,1-4H3. The van der Waals surface area contributed by atoms with Gasteiger partial charge >= 0.3 is 0 Å². The Labute approximate surface area is 95.5 Å². The first-order valence-electron chi connectivity index (χ1n) is 5.71. The topological polar surface area (TPSA) is 43.4 Å². The fourth-order valence-corrected chi connectivity index (χ4v) is 6.04. The van der Waals surface area contributed by atoms with Crippen LogP contribution in [0.4, 0.5) is 0 Å². The van der Waals surface area contributed by atoms with E-state index in [9.17, 15) is 8.42 Å². The van der Waals surface area contributed by atoms with Gasteiger partial charge in [-0.3, -0.25) is 4.18 Å². The van der Waals surface area contributed by atoms with E-state index in [0.29, 0.717) is 5.54 Å². The summed E-state index contributed by atoms with van der Waals surface area (Å²) in [5, 5.41) is 0. The Morgan fingerprint density at radius 3 is 2.40 bits per heavy atom. The lowest BCUT2D eigenvalue weighted by Crippen LogP contribution is -2.18. The lowest BCUT2D eigenvalue weighted by Gasteiger charge is -2.14. The largest absolute Gasteiger partial charge is 0.264 e. The van der Waals surface area contributed by atoms with Crippen LogP contribution >= 0.6 is 0 Å². The van der Waals surface area contributed by atoms with Crippen LogP contribution in [0, 0.1) is 0 Å². The highest BCUT2D eigenvalue weighted by Crippen LogP contribution is 2.54. The molecule has 0 aromatic carbocycles. The maximum absolute atomic E-state index is 11.1. The van der Waals surface area contributed by atoms with Gasteiger partial charge in [0.05, 0.1) is 11.9 Å². The summed E-state index contributed by atoms with van der Waals surface area (Å²) < 4.78 is 27.2. The Bertz CT molecular complexity index is 311. The molecule has 0 aliphatic heterocycles. The quantitative estimate of drug-likeness (QED) is 0.532. The van der Waals surface area contributed by atoms with Crippen molar-refractivity contribution in [1.29, 1.82) is 0 Å². The van der Waals surface area contributed by atoms with Crippen LogP contribution in [-0.4, -0.2) is 29.8 Å². The van der Waals surface area contributed by atoms with Crippen molar-refractivity contribution < 1.29 is 12.6 Å². The summed E-state index contributed by atoms with van der Waals surface area (Å²) in [6.45, 7) is 6.38. The molecule has 1 aliphatic rings. The van der Waals surface area contributed by atoms with Crippen LogP contribution in [-0.2, 0) is 14.3 Å². The Morgan fingerprint density at radius 2 is 2.00 bits per heavy atom. The van der Waals surface area contributed by atoms with Crippen molar-refractivity contribution in [1.82, 2.24) is 0 Å². The van der Waals surface area contributed by atoms with E-state index in [0.717, 1.165) is 18.2 Å². The Kier molecular flexibility index (Phi) is 4.00. The van der Waals surface area contributed by atoms with Crippen molar-refractivity contribution in [3.05, 3.63) is 0 Å². The first-order valence-corrected chi connectivity index (χ1v) is 9.16. The summed E-state index contributed by atoms with van der Waals surface area (Å²) in [5.74, 6) is 0. The molecule has 0 saturated heterocycles. The molecule has 0 spiro atoms. The van der Waals surface area contributed by atoms with Gasteiger partial charge in [0.25, 0.3) is 10.1 Å². The normalized spacial score (nSPS) is 31.7. The molecule has 1 saturated carbocycles. The van der Waals surface area contributed by atoms with Gasteiger partial charge in [-0.15, -0.1) is 0 Å². The lowest BCUT2D eigenvalue weighted by molar-refractivity contribution is 0.210. The Balaban J connectivity index is 2.44. The SMILES string of the molecule is CCC(CC)[SiH2]C1CC1(C)OS(C)(=O)=O. The molecule has 0 heterocycles. The minimum atomic E-state index is -3.28. The maximum Gasteiger partial charge on any atom is 0.264 e. The van der Waals surface area contributed by atoms with Crippen molar-refractivity contribution in [3.8, 4) is 0 Å². The van der Waals surface area contributed by atoms with E-state index in [4.69, 9.17) is 4.18 Å². The van der Waals surface area contributed by atoms with Crippen LogP contribution < -0.4 is 0 Å². The summed E-state index contributed by atoms with van der Waals surface area (Å²) >= 11 is 0. The second-order valence-corrected chi connectivity index (χ2v) is 9.11. The van der Waals surface area contributed by atoms with E-state index in [1.54, 1.807) is 0 Å². The third kappa shape index (κ3) is 3.88. The molecular weight excluding hydrogens is 228 g/mol. The Hall–Kier alpha value is 0.127. The molecule has 2 atom stereocenters. The zero-order chi connectivity index (χ0) is 11.7. The fourth-order valence-electron chi connectivity index (χ4n) is 2.24. The molecule has 90 valence electrons. The molecule has 0 aromatic heterocycles. The molecule has 0 bridgehead atoms. The zero-order valence-corrected chi connectivity index (χ0v) is 12.3. The van der Waals surface area contributed by atoms with E-state index in [1.807, 2.05) is 6.92 Å². The minimum Gasteiger partial charge on any atom is -0.264 e. The average molecular weight is 250 g/mol. The van der Waals surface area contributed by atoms with E-state index in [-0.39, 0.29) is 15.1 Å². The lowest BCUT2D eigenvalue weighted by atomic mass is 10.3. The van der Waals surface area contributed by atoms with Crippen LogP contribution in [0.1, 0.15) is 40.0 Å². The second-order valence-electron chi connectivity index (χ2n) is 4.92. The van der Waals surface area contributed by atoms with E-state index < -0.39 is 10.1 Å². The highest BCUT2D eigenvalue weighted by molar-refractivity contribution is 7.86. The molecular formula is C10H22O3SSi. The highest BCUT2D eigenvalue weighted by Gasteiger charge is 2.53. The zero-order valence-electron chi connectivity index (χ0n) is 10.1. The van der Waals surface area contributed by atoms with Crippen molar-refractivity contribution in [2.24, 2.45) is 0 Å². The molecule has 1 rings (SSSR count). The van der Waals surface area contributed by atoms with E-state index >= 15 is 0 Å². The van der Waals surface area contributed by atoms with Crippen LogP contribution in [0.5, 0.6) is 0 Å². The van der Waals surface area contributed by atoms with Crippen LogP contribution in [0.3, 0.4) is 0 Å².